The van der Waals surface area contributed by atoms with Gasteiger partial charge in [-0.1, -0.05) is 55.1 Å². The number of hydrogen-bond donors (Lipinski definition) is 0. The minimum Gasteiger partial charge on any atom is -0.245 e. The van der Waals surface area contributed by atoms with Gasteiger partial charge >= 0.3 is 11.4 Å². The van der Waals surface area contributed by atoms with E-state index in [0.717, 1.165) is 28.2 Å². The van der Waals surface area contributed by atoms with Crippen LogP contribution in [0.4, 0.5) is 0 Å². The number of fused-ring (bicyclic) bond motifs is 1. The third kappa shape index (κ3) is 3.16. The first-order valence-electron chi connectivity index (χ1n) is 10.2. The van der Waals surface area contributed by atoms with E-state index in [4.69, 9.17) is 0 Å². The summed E-state index contributed by atoms with van der Waals surface area (Å²) >= 11 is 0. The van der Waals surface area contributed by atoms with E-state index in [1.165, 1.54) is 4.57 Å². The van der Waals surface area contributed by atoms with Crippen molar-refractivity contribution in [3.8, 4) is 5.69 Å². The maximum Gasteiger partial charge on any atom is 0.352 e. The van der Waals surface area contributed by atoms with Crippen molar-refractivity contribution < 1.29 is 0 Å². The molecule has 2 aromatic carbocycles. The number of hydrogen-bond acceptors (Lipinski definition) is 2. The Hall–Kier alpha value is -3.34. The van der Waals surface area contributed by atoms with E-state index >= 15 is 0 Å². The first-order chi connectivity index (χ1) is 15.1. The van der Waals surface area contributed by atoms with Crippen LogP contribution in [0, 0.1) is 31.6 Å². The van der Waals surface area contributed by atoms with Gasteiger partial charge in [0.2, 0.25) is 0 Å². The molecule has 153 valence electrons. The second-order valence-electron chi connectivity index (χ2n) is 7.80. The minimum atomic E-state index is -0.429. The molecule has 3 aromatic rings. The zero-order valence-corrected chi connectivity index (χ0v) is 17.2. The number of allylic oxidation sites excluding steroid dienone is 3. The lowest BCUT2D eigenvalue weighted by atomic mass is 9.82. The number of nitrogens with zero attached hydrogens (tertiary/aromatic N) is 3. The Morgan fingerprint density at radius 1 is 0.903 bits per heavy atom. The smallest absolute Gasteiger partial charge is 0.245 e. The Morgan fingerprint density at radius 2 is 1.52 bits per heavy atom. The summed E-state index contributed by atoms with van der Waals surface area (Å²) in [6, 6.07) is 18.6. The van der Waals surface area contributed by atoms with Crippen LogP contribution < -0.4 is 11.4 Å². The molecule has 31 heavy (non-hydrogen) atoms. The van der Waals surface area contributed by atoms with Crippen molar-refractivity contribution in [1.82, 2.24) is 13.9 Å². The second-order valence-corrected chi connectivity index (χ2v) is 7.80. The van der Waals surface area contributed by atoms with Gasteiger partial charge in [-0.3, -0.25) is 0 Å². The molecule has 0 saturated heterocycles. The fourth-order valence-electron chi connectivity index (χ4n) is 4.45. The summed E-state index contributed by atoms with van der Waals surface area (Å²) in [5.74, 6) is 0.951. The minimum absolute atomic E-state index is 0.337. The molecule has 2 aliphatic rings. The molecule has 0 N–H and O–H groups in total. The Kier molecular flexibility index (Phi) is 4.89. The van der Waals surface area contributed by atoms with Gasteiger partial charge in [-0.25, -0.2) is 23.5 Å². The standard InChI is InChI=1S/C26H22N3O2/c1-18-17-27-25(30)28(22-15-7-4-8-16-22)26(31)29(27)24(21-13-9-10-14-21)23(18)19(2)20-11-5-3-6-12-20/h3-16,24H,2,17H2,1H3. The maximum absolute atomic E-state index is 13.6. The summed E-state index contributed by atoms with van der Waals surface area (Å²) in [6.07, 6.45) is 7.87. The third-order valence-electron chi connectivity index (χ3n) is 5.89. The lowest BCUT2D eigenvalue weighted by Gasteiger charge is -2.34. The summed E-state index contributed by atoms with van der Waals surface area (Å²) in [7, 11) is 0. The molecule has 5 rings (SSSR count). The number of benzene rings is 2. The summed E-state index contributed by atoms with van der Waals surface area (Å²) in [4.78, 5) is 26.9. The van der Waals surface area contributed by atoms with Gasteiger partial charge in [0.05, 0.1) is 18.3 Å². The van der Waals surface area contributed by atoms with Crippen LogP contribution in [0.1, 0.15) is 18.5 Å². The molecule has 1 fully saturated rings. The van der Waals surface area contributed by atoms with Crippen LogP contribution in [0.3, 0.4) is 0 Å². The van der Waals surface area contributed by atoms with Gasteiger partial charge in [0.15, 0.2) is 0 Å². The highest BCUT2D eigenvalue weighted by Gasteiger charge is 2.39. The van der Waals surface area contributed by atoms with Crippen LogP contribution in [0.25, 0.3) is 11.3 Å². The van der Waals surface area contributed by atoms with Crippen LogP contribution in [-0.2, 0) is 6.54 Å². The molecule has 1 aliphatic heterocycles. The fourth-order valence-corrected chi connectivity index (χ4v) is 4.45. The van der Waals surface area contributed by atoms with E-state index in [1.807, 2.05) is 81.1 Å². The number of aromatic nitrogens is 3. The van der Waals surface area contributed by atoms with Gasteiger partial charge in [-0.05, 0) is 67.0 Å². The van der Waals surface area contributed by atoms with Crippen molar-refractivity contribution >= 4 is 5.57 Å². The Bertz CT molecular complexity index is 1270. The molecule has 1 aliphatic carbocycles. The molecule has 1 saturated carbocycles. The molecule has 0 amide bonds. The summed E-state index contributed by atoms with van der Waals surface area (Å²) in [5.41, 5.74) is 3.73. The van der Waals surface area contributed by atoms with Crippen LogP contribution in [0.15, 0.2) is 88.0 Å². The van der Waals surface area contributed by atoms with E-state index in [1.54, 1.807) is 21.5 Å². The topological polar surface area (TPSA) is 48.9 Å². The lowest BCUT2D eigenvalue weighted by molar-refractivity contribution is 0.398. The number of rotatable bonds is 4. The number of para-hydroxylation sites is 1. The zero-order valence-electron chi connectivity index (χ0n) is 17.2. The van der Waals surface area contributed by atoms with Gasteiger partial charge in [0.1, 0.15) is 0 Å². The predicted molar refractivity (Wildman–Crippen MR) is 122 cm³/mol. The zero-order chi connectivity index (χ0) is 21.5. The molecule has 1 aromatic heterocycles. The van der Waals surface area contributed by atoms with E-state index in [2.05, 4.69) is 6.58 Å². The van der Waals surface area contributed by atoms with Gasteiger partial charge in [-0.2, -0.15) is 0 Å². The highest BCUT2D eigenvalue weighted by molar-refractivity contribution is 5.80. The quantitative estimate of drug-likeness (QED) is 0.660. The average Bonchev–Trinajstić information content (AvgIpc) is 3.41. The fraction of sp³-hybridized carbons (Fsp3) is 0.115. The molecule has 5 radical (unpaired) electrons. The first-order valence-corrected chi connectivity index (χ1v) is 10.2. The van der Waals surface area contributed by atoms with Crippen molar-refractivity contribution in [3.05, 3.63) is 137 Å². The summed E-state index contributed by atoms with van der Waals surface area (Å²) in [6.45, 7) is 6.73. The Labute approximate surface area is 181 Å². The van der Waals surface area contributed by atoms with Crippen molar-refractivity contribution in [3.63, 3.8) is 0 Å². The molecule has 1 unspecified atom stereocenters. The molecular weight excluding hydrogens is 386 g/mol. The predicted octanol–water partition coefficient (Wildman–Crippen LogP) is 3.79. The van der Waals surface area contributed by atoms with Crippen molar-refractivity contribution in [1.29, 1.82) is 0 Å². The van der Waals surface area contributed by atoms with Crippen LogP contribution in [0.2, 0.25) is 0 Å². The van der Waals surface area contributed by atoms with E-state index in [0.29, 0.717) is 12.2 Å². The molecule has 1 atom stereocenters. The summed E-state index contributed by atoms with van der Waals surface area (Å²) < 4.78 is 4.38. The molecular formula is C26H22N3O2. The highest BCUT2D eigenvalue weighted by atomic mass is 16.2. The second kappa shape index (κ2) is 7.73. The highest BCUT2D eigenvalue weighted by Crippen LogP contribution is 2.44. The van der Waals surface area contributed by atoms with Crippen molar-refractivity contribution in [2.75, 3.05) is 0 Å². The van der Waals surface area contributed by atoms with Crippen LogP contribution >= 0.6 is 0 Å². The molecule has 0 spiro atoms. The van der Waals surface area contributed by atoms with Crippen molar-refractivity contribution in [2.24, 2.45) is 0 Å². The SMILES string of the molecule is C=C(C1=C(C)Cn2c(=O)n(-c3ccccc3)c(=O)n2C1[C]1[CH][CH][CH][CH]1)c1ccccc1. The molecule has 0 bridgehead atoms. The van der Waals surface area contributed by atoms with Crippen LogP contribution in [0.5, 0.6) is 0 Å². The lowest BCUT2D eigenvalue weighted by Crippen LogP contribution is -2.39. The largest absolute Gasteiger partial charge is 0.352 e. The maximum atomic E-state index is 13.6. The average molecular weight is 408 g/mol. The van der Waals surface area contributed by atoms with Crippen LogP contribution in [-0.4, -0.2) is 13.9 Å². The summed E-state index contributed by atoms with van der Waals surface area (Å²) in [5, 5.41) is 0. The molecule has 2 heterocycles. The first kappa shape index (κ1) is 19.6. The normalized spacial score (nSPS) is 18.9. The van der Waals surface area contributed by atoms with Gasteiger partial charge in [0.25, 0.3) is 0 Å². The van der Waals surface area contributed by atoms with Gasteiger partial charge in [-0.15, -0.1) is 0 Å². The molecule has 5 heteroatoms. The van der Waals surface area contributed by atoms with E-state index < -0.39 is 6.04 Å². The Balaban J connectivity index is 1.72. The van der Waals surface area contributed by atoms with Gasteiger partial charge in [0, 0.05) is 5.92 Å². The van der Waals surface area contributed by atoms with E-state index in [9.17, 15) is 9.59 Å². The van der Waals surface area contributed by atoms with Gasteiger partial charge < -0.3 is 0 Å². The third-order valence-corrected chi connectivity index (χ3v) is 5.89. The molecule has 5 nitrogen and oxygen atoms in total. The Morgan fingerprint density at radius 3 is 2.16 bits per heavy atom. The van der Waals surface area contributed by atoms with E-state index in [-0.39, 0.29) is 11.4 Å². The van der Waals surface area contributed by atoms with Crippen molar-refractivity contribution in [2.45, 2.75) is 19.5 Å². The monoisotopic (exact) mass is 408 g/mol.